The Balaban J connectivity index is 1.38. The molecule has 5 nitrogen and oxygen atoms in total. The minimum Gasteiger partial charge on any atom is -0.459 e. The lowest BCUT2D eigenvalue weighted by Crippen LogP contribution is -2.44. The number of hydrogen-bond acceptors (Lipinski definition) is 3. The largest absolute Gasteiger partial charge is 0.459 e. The molecular weight excluding hydrogens is 290 g/mol. The Morgan fingerprint density at radius 2 is 2.09 bits per heavy atom. The minimum atomic E-state index is 0.0198. The van der Waals surface area contributed by atoms with Gasteiger partial charge in [0.05, 0.1) is 6.54 Å². The topological polar surface area (TPSA) is 48.7 Å². The van der Waals surface area contributed by atoms with Crippen LogP contribution in [0.4, 0.5) is 4.79 Å². The molecule has 2 aliphatic heterocycles. The van der Waals surface area contributed by atoms with Crippen LogP contribution in [0.2, 0.25) is 0 Å². The summed E-state index contributed by atoms with van der Waals surface area (Å²) in [6.45, 7) is 2.12. The summed E-state index contributed by atoms with van der Waals surface area (Å²) in [6.07, 6.45) is 3.55. The quantitative estimate of drug-likeness (QED) is 0.927. The van der Waals surface area contributed by atoms with E-state index in [0.29, 0.717) is 18.6 Å². The fourth-order valence-electron chi connectivity index (χ4n) is 3.89. The number of nitrogens with one attached hydrogen (secondary N) is 1. The Hall–Kier alpha value is -2.01. The van der Waals surface area contributed by atoms with Gasteiger partial charge in [-0.05, 0) is 38.4 Å². The van der Waals surface area contributed by atoms with Crippen LogP contribution in [0.5, 0.6) is 0 Å². The summed E-state index contributed by atoms with van der Waals surface area (Å²) in [5.41, 5.74) is 0.866. The molecule has 2 bridgehead atoms. The number of furan rings is 1. The summed E-state index contributed by atoms with van der Waals surface area (Å²) < 4.78 is 5.76. The van der Waals surface area contributed by atoms with Gasteiger partial charge in [-0.2, -0.15) is 0 Å². The predicted octanol–water partition coefficient (Wildman–Crippen LogP) is 2.81. The number of carbonyl (C=O) groups excluding carboxylic acids is 1. The molecule has 0 saturated carbocycles. The highest BCUT2D eigenvalue weighted by molar-refractivity contribution is 5.78. The Kier molecular flexibility index (Phi) is 3.73. The molecule has 4 rings (SSSR count). The number of para-hydroxylation sites is 1. The highest BCUT2D eigenvalue weighted by Crippen LogP contribution is 2.28. The van der Waals surface area contributed by atoms with E-state index in [1.165, 1.54) is 12.8 Å². The van der Waals surface area contributed by atoms with Gasteiger partial charge in [-0.1, -0.05) is 18.2 Å². The zero-order valence-electron chi connectivity index (χ0n) is 13.5. The van der Waals surface area contributed by atoms with E-state index in [2.05, 4.69) is 17.3 Å². The Bertz CT molecular complexity index is 678. The number of carbonyl (C=O) groups is 1. The van der Waals surface area contributed by atoms with Crippen molar-refractivity contribution in [3.05, 3.63) is 36.1 Å². The van der Waals surface area contributed by atoms with Gasteiger partial charge in [-0.3, -0.25) is 4.90 Å². The van der Waals surface area contributed by atoms with Crippen LogP contribution in [-0.4, -0.2) is 48.1 Å². The average molecular weight is 313 g/mol. The average Bonchev–Trinajstić information content (AvgIpc) is 3.05. The summed E-state index contributed by atoms with van der Waals surface area (Å²) in [7, 11) is 2.19. The minimum absolute atomic E-state index is 0.0198. The molecule has 0 radical (unpaired) electrons. The van der Waals surface area contributed by atoms with Gasteiger partial charge in [-0.15, -0.1) is 0 Å². The van der Waals surface area contributed by atoms with Crippen LogP contribution >= 0.6 is 0 Å². The van der Waals surface area contributed by atoms with Gasteiger partial charge >= 0.3 is 6.03 Å². The highest BCUT2D eigenvalue weighted by atomic mass is 16.3. The zero-order chi connectivity index (χ0) is 15.8. The molecule has 3 heterocycles. The zero-order valence-corrected chi connectivity index (χ0v) is 13.5. The summed E-state index contributed by atoms with van der Waals surface area (Å²) in [4.78, 5) is 16.9. The van der Waals surface area contributed by atoms with Crippen molar-refractivity contribution < 1.29 is 9.21 Å². The number of nitrogens with zero attached hydrogens (tertiary/aromatic N) is 2. The van der Waals surface area contributed by atoms with E-state index in [-0.39, 0.29) is 6.03 Å². The van der Waals surface area contributed by atoms with E-state index in [0.717, 1.165) is 36.2 Å². The summed E-state index contributed by atoms with van der Waals surface area (Å²) in [5.74, 6) is 0.799. The van der Waals surface area contributed by atoms with Crippen LogP contribution in [0.1, 0.15) is 25.0 Å². The lowest BCUT2D eigenvalue weighted by atomic mass is 10.1. The summed E-state index contributed by atoms with van der Waals surface area (Å²) in [5, 5.41) is 4.08. The highest BCUT2D eigenvalue weighted by Gasteiger charge is 2.35. The van der Waals surface area contributed by atoms with Crippen LogP contribution in [-0.2, 0) is 6.54 Å². The van der Waals surface area contributed by atoms with Crippen LogP contribution in [0.3, 0.4) is 0 Å². The monoisotopic (exact) mass is 313 g/mol. The first-order chi connectivity index (χ1) is 11.2. The van der Waals surface area contributed by atoms with Gasteiger partial charge < -0.3 is 14.6 Å². The number of amides is 2. The molecule has 0 unspecified atom stereocenters. The fourth-order valence-corrected chi connectivity index (χ4v) is 3.89. The Morgan fingerprint density at radius 3 is 2.96 bits per heavy atom. The smallest absolute Gasteiger partial charge is 0.317 e. The molecule has 2 aliphatic rings. The SMILES string of the molecule is CN1[C@H]2CC[C@H]1CN(C(=O)NCc1cc3ccccc3o1)CC2. The van der Waals surface area contributed by atoms with Crippen molar-refractivity contribution in [2.45, 2.75) is 37.9 Å². The van der Waals surface area contributed by atoms with E-state index in [1.54, 1.807) is 0 Å². The van der Waals surface area contributed by atoms with E-state index in [1.807, 2.05) is 35.2 Å². The molecule has 2 atom stereocenters. The van der Waals surface area contributed by atoms with Crippen LogP contribution in [0, 0.1) is 0 Å². The third-order valence-electron chi connectivity index (χ3n) is 5.33. The van der Waals surface area contributed by atoms with E-state index in [4.69, 9.17) is 4.42 Å². The molecule has 1 aromatic heterocycles. The van der Waals surface area contributed by atoms with E-state index < -0.39 is 0 Å². The molecule has 2 aromatic rings. The van der Waals surface area contributed by atoms with Crippen molar-refractivity contribution in [1.82, 2.24) is 15.1 Å². The van der Waals surface area contributed by atoms with Crippen molar-refractivity contribution in [1.29, 1.82) is 0 Å². The van der Waals surface area contributed by atoms with Gasteiger partial charge in [0.1, 0.15) is 11.3 Å². The number of urea groups is 1. The van der Waals surface area contributed by atoms with Gasteiger partial charge in [0.2, 0.25) is 0 Å². The standard InChI is InChI=1S/C18H23N3O2/c1-20-14-6-7-15(20)12-21(9-8-14)18(22)19-11-16-10-13-4-2-3-5-17(13)23-16/h2-5,10,14-15H,6-9,11-12H2,1H3,(H,19,22)/t14-,15-/m0/s1. The molecule has 2 amide bonds. The van der Waals surface area contributed by atoms with Crippen LogP contribution in [0.15, 0.2) is 34.7 Å². The molecule has 23 heavy (non-hydrogen) atoms. The third kappa shape index (κ3) is 2.81. The van der Waals surface area contributed by atoms with E-state index >= 15 is 0 Å². The second-order valence-corrected chi connectivity index (χ2v) is 6.69. The Morgan fingerprint density at radius 1 is 1.26 bits per heavy atom. The second-order valence-electron chi connectivity index (χ2n) is 6.69. The summed E-state index contributed by atoms with van der Waals surface area (Å²) >= 11 is 0. The number of benzene rings is 1. The van der Waals surface area contributed by atoms with Crippen molar-refractivity contribution in [3.63, 3.8) is 0 Å². The van der Waals surface area contributed by atoms with Crippen LogP contribution < -0.4 is 5.32 Å². The molecule has 122 valence electrons. The molecule has 2 saturated heterocycles. The molecule has 0 spiro atoms. The van der Waals surface area contributed by atoms with Crippen molar-refractivity contribution in [2.24, 2.45) is 0 Å². The molecule has 1 N–H and O–H groups in total. The van der Waals surface area contributed by atoms with Gasteiger partial charge in [0.25, 0.3) is 0 Å². The maximum atomic E-state index is 12.5. The number of likely N-dealkylation sites (tertiary alicyclic amines) is 1. The maximum absolute atomic E-state index is 12.5. The van der Waals surface area contributed by atoms with Crippen molar-refractivity contribution in [2.75, 3.05) is 20.1 Å². The molecule has 1 aromatic carbocycles. The molecule has 5 heteroatoms. The van der Waals surface area contributed by atoms with Gasteiger partial charge in [0.15, 0.2) is 0 Å². The lowest BCUT2D eigenvalue weighted by Gasteiger charge is -2.25. The first-order valence-electron chi connectivity index (χ1n) is 8.43. The number of rotatable bonds is 2. The number of fused-ring (bicyclic) bond motifs is 3. The predicted molar refractivity (Wildman–Crippen MR) is 89.2 cm³/mol. The van der Waals surface area contributed by atoms with Crippen LogP contribution in [0.25, 0.3) is 11.0 Å². The lowest BCUT2D eigenvalue weighted by molar-refractivity contribution is 0.187. The van der Waals surface area contributed by atoms with E-state index in [9.17, 15) is 4.79 Å². The number of hydrogen-bond donors (Lipinski definition) is 1. The third-order valence-corrected chi connectivity index (χ3v) is 5.33. The second kappa shape index (κ2) is 5.89. The molecular formula is C18H23N3O2. The molecule has 0 aliphatic carbocycles. The first-order valence-corrected chi connectivity index (χ1v) is 8.43. The normalized spacial score (nSPS) is 24.8. The Labute approximate surface area is 136 Å². The first kappa shape index (κ1) is 14.6. The van der Waals surface area contributed by atoms with Crippen molar-refractivity contribution in [3.8, 4) is 0 Å². The van der Waals surface area contributed by atoms with Gasteiger partial charge in [-0.25, -0.2) is 4.79 Å². The summed E-state index contributed by atoms with van der Waals surface area (Å²) in [6, 6.07) is 11.1. The van der Waals surface area contributed by atoms with Gasteiger partial charge in [0, 0.05) is 30.6 Å². The fraction of sp³-hybridized carbons (Fsp3) is 0.500. The molecule has 2 fully saturated rings. The van der Waals surface area contributed by atoms with Crippen molar-refractivity contribution >= 4 is 17.0 Å². The maximum Gasteiger partial charge on any atom is 0.317 e. The number of likely N-dealkylation sites (N-methyl/N-ethyl adjacent to an activating group) is 1.